The van der Waals surface area contributed by atoms with Crippen LogP contribution in [0.1, 0.15) is 0 Å². The number of rotatable bonds is 1. The zero-order valence-electron chi connectivity index (χ0n) is 5.70. The Morgan fingerprint density at radius 1 is 1.60 bits per heavy atom. The molecule has 10 heavy (non-hydrogen) atoms. The van der Waals surface area contributed by atoms with Gasteiger partial charge < -0.3 is 14.9 Å². The lowest BCUT2D eigenvalue weighted by atomic mass is 9.94. The Labute approximate surface area is 59.2 Å². The van der Waals surface area contributed by atoms with Crippen molar-refractivity contribution in [3.63, 3.8) is 0 Å². The first-order valence-electron chi connectivity index (χ1n) is 3.25. The van der Waals surface area contributed by atoms with E-state index in [0.717, 1.165) is 0 Å². The van der Waals surface area contributed by atoms with Crippen molar-refractivity contribution in [2.75, 3.05) is 6.61 Å². The van der Waals surface area contributed by atoms with Crippen LogP contribution in [0.25, 0.3) is 0 Å². The summed E-state index contributed by atoms with van der Waals surface area (Å²) in [4.78, 5) is 0. The van der Waals surface area contributed by atoms with Gasteiger partial charge in [0.15, 0.2) is 0 Å². The summed E-state index contributed by atoms with van der Waals surface area (Å²) in [6, 6.07) is -0.604. The van der Waals surface area contributed by atoms with Gasteiger partial charge in [-0.15, -0.1) is 0 Å². The maximum Gasteiger partial charge on any atom is 0.147 e. The molecule has 1 fully saturated rings. The molecule has 0 radical (unpaired) electrons. The highest BCUT2D eigenvalue weighted by Crippen LogP contribution is 2.21. The van der Waals surface area contributed by atoms with Crippen LogP contribution in [0.15, 0.2) is 0 Å². The molecule has 0 aromatic rings. The van der Waals surface area contributed by atoms with Crippen molar-refractivity contribution < 1.29 is 19.3 Å². The van der Waals surface area contributed by atoms with E-state index in [1.165, 1.54) is 7.85 Å². The van der Waals surface area contributed by atoms with Crippen LogP contribution < -0.4 is 0 Å². The summed E-state index contributed by atoms with van der Waals surface area (Å²) in [5, 5.41) is 17.5. The SMILES string of the molecule is B[C@H]1O[C@@H](CO)C(O)[C@@H]1F. The van der Waals surface area contributed by atoms with E-state index in [9.17, 15) is 4.39 Å². The Morgan fingerprint density at radius 3 is 2.40 bits per heavy atom. The summed E-state index contributed by atoms with van der Waals surface area (Å²) < 4.78 is 17.5. The van der Waals surface area contributed by atoms with Crippen LogP contribution in [0.2, 0.25) is 0 Å². The number of aliphatic hydroxyl groups is 2. The summed E-state index contributed by atoms with van der Waals surface area (Å²) in [6.07, 6.45) is -3.28. The van der Waals surface area contributed by atoms with Gasteiger partial charge in [-0.3, -0.25) is 0 Å². The zero-order valence-corrected chi connectivity index (χ0v) is 5.70. The highest BCUT2D eigenvalue weighted by molar-refractivity contribution is 6.11. The molecule has 5 heteroatoms. The molecule has 0 aliphatic carbocycles. The Hall–Kier alpha value is -0.125. The Bertz CT molecular complexity index is 123. The maximum absolute atomic E-state index is 12.7. The number of ether oxygens (including phenoxy) is 1. The van der Waals surface area contributed by atoms with Crippen molar-refractivity contribution in [3.05, 3.63) is 0 Å². The molecule has 0 spiro atoms. The van der Waals surface area contributed by atoms with E-state index in [1.54, 1.807) is 0 Å². The lowest BCUT2D eigenvalue weighted by molar-refractivity contribution is -0.00566. The predicted molar refractivity (Wildman–Crippen MR) is 35.2 cm³/mol. The van der Waals surface area contributed by atoms with Gasteiger partial charge in [0, 0.05) is 0 Å². The van der Waals surface area contributed by atoms with E-state index in [1.807, 2.05) is 0 Å². The third-order valence-corrected chi connectivity index (χ3v) is 1.73. The molecule has 1 aliphatic rings. The smallest absolute Gasteiger partial charge is 0.147 e. The molecule has 1 aliphatic heterocycles. The highest BCUT2D eigenvalue weighted by atomic mass is 19.1. The summed E-state index contributed by atoms with van der Waals surface area (Å²) in [5.41, 5.74) is 0. The summed E-state index contributed by atoms with van der Waals surface area (Å²) in [7, 11) is 1.53. The number of hydrogen-bond donors (Lipinski definition) is 2. The van der Waals surface area contributed by atoms with Gasteiger partial charge in [-0.2, -0.15) is 0 Å². The van der Waals surface area contributed by atoms with Gasteiger partial charge in [-0.05, 0) is 0 Å². The first kappa shape index (κ1) is 7.98. The van der Waals surface area contributed by atoms with Gasteiger partial charge in [-0.1, -0.05) is 0 Å². The van der Waals surface area contributed by atoms with E-state index in [0.29, 0.717) is 0 Å². The molecule has 3 nitrogen and oxygen atoms in total. The third kappa shape index (κ3) is 1.16. The second kappa shape index (κ2) is 2.86. The Kier molecular flexibility index (Phi) is 2.28. The number of aliphatic hydroxyl groups excluding tert-OH is 2. The number of hydrogen-bond acceptors (Lipinski definition) is 3. The molecule has 0 bridgehead atoms. The topological polar surface area (TPSA) is 49.7 Å². The van der Waals surface area contributed by atoms with Crippen LogP contribution in [-0.4, -0.2) is 49.0 Å². The predicted octanol–water partition coefficient (Wildman–Crippen LogP) is -1.96. The van der Waals surface area contributed by atoms with Crippen molar-refractivity contribution in [1.29, 1.82) is 0 Å². The van der Waals surface area contributed by atoms with E-state index < -0.39 is 24.4 Å². The molecule has 0 aromatic heterocycles. The molecule has 1 saturated heterocycles. The third-order valence-electron chi connectivity index (χ3n) is 1.73. The first-order valence-corrected chi connectivity index (χ1v) is 3.25. The monoisotopic (exact) mass is 148 g/mol. The molecule has 58 valence electrons. The Balaban J connectivity index is 2.53. The second-order valence-corrected chi connectivity index (χ2v) is 2.50. The number of halogens is 1. The Morgan fingerprint density at radius 2 is 2.20 bits per heavy atom. The van der Waals surface area contributed by atoms with Gasteiger partial charge in [0.05, 0.1) is 12.6 Å². The van der Waals surface area contributed by atoms with E-state index in [-0.39, 0.29) is 6.61 Å². The molecule has 4 atom stereocenters. The fraction of sp³-hybridized carbons (Fsp3) is 1.00. The summed E-state index contributed by atoms with van der Waals surface area (Å²) >= 11 is 0. The maximum atomic E-state index is 12.7. The van der Waals surface area contributed by atoms with Crippen molar-refractivity contribution in [1.82, 2.24) is 0 Å². The summed E-state index contributed by atoms with van der Waals surface area (Å²) in [5.74, 6) is 0. The van der Waals surface area contributed by atoms with Crippen LogP contribution in [0.4, 0.5) is 4.39 Å². The largest absolute Gasteiger partial charge is 0.394 e. The van der Waals surface area contributed by atoms with Crippen LogP contribution in [0.3, 0.4) is 0 Å². The van der Waals surface area contributed by atoms with E-state index in [4.69, 9.17) is 14.9 Å². The molecule has 0 saturated carbocycles. The van der Waals surface area contributed by atoms with Crippen LogP contribution >= 0.6 is 0 Å². The average Bonchev–Trinajstić information content (AvgIpc) is 2.17. The van der Waals surface area contributed by atoms with E-state index >= 15 is 0 Å². The van der Waals surface area contributed by atoms with Gasteiger partial charge in [0.2, 0.25) is 0 Å². The minimum absolute atomic E-state index is 0.327. The second-order valence-electron chi connectivity index (χ2n) is 2.50. The average molecular weight is 148 g/mol. The van der Waals surface area contributed by atoms with Crippen molar-refractivity contribution in [3.8, 4) is 0 Å². The van der Waals surface area contributed by atoms with Crippen molar-refractivity contribution in [2.24, 2.45) is 0 Å². The zero-order chi connectivity index (χ0) is 7.72. The fourth-order valence-corrected chi connectivity index (χ4v) is 1.07. The molecule has 1 heterocycles. The lowest BCUT2D eigenvalue weighted by Crippen LogP contribution is -2.30. The molecule has 2 N–H and O–H groups in total. The molecule has 1 rings (SSSR count). The minimum Gasteiger partial charge on any atom is -0.394 e. The molecular weight excluding hydrogens is 138 g/mol. The first-order chi connectivity index (χ1) is 4.66. The molecular formula is C5H10BFO3. The molecule has 0 amide bonds. The van der Waals surface area contributed by atoms with Crippen LogP contribution in [0.5, 0.6) is 0 Å². The van der Waals surface area contributed by atoms with Gasteiger partial charge in [-0.25, -0.2) is 4.39 Å². The quantitative estimate of drug-likeness (QED) is 0.424. The number of alkyl halides is 1. The van der Waals surface area contributed by atoms with Gasteiger partial charge >= 0.3 is 0 Å². The van der Waals surface area contributed by atoms with Crippen molar-refractivity contribution >= 4 is 7.85 Å². The standard InChI is InChI=1S/C5H10BFO3/c6-5-3(7)4(9)2(1-8)10-5/h2-5,8-9H,1,6H2/t2-,3-,4?,5-/m0/s1. The molecule has 1 unspecified atom stereocenters. The van der Waals surface area contributed by atoms with E-state index in [2.05, 4.69) is 0 Å². The lowest BCUT2D eigenvalue weighted by Gasteiger charge is -2.09. The fourth-order valence-electron chi connectivity index (χ4n) is 1.07. The van der Waals surface area contributed by atoms with Gasteiger partial charge in [0.25, 0.3) is 0 Å². The van der Waals surface area contributed by atoms with Gasteiger partial charge in [0.1, 0.15) is 26.2 Å². The van der Waals surface area contributed by atoms with Crippen molar-refractivity contribution in [2.45, 2.75) is 24.4 Å². The highest BCUT2D eigenvalue weighted by Gasteiger charge is 2.40. The van der Waals surface area contributed by atoms with Crippen LogP contribution in [-0.2, 0) is 4.74 Å². The molecule has 0 aromatic carbocycles. The van der Waals surface area contributed by atoms with Crippen LogP contribution in [0, 0.1) is 0 Å². The summed E-state index contributed by atoms with van der Waals surface area (Å²) in [6.45, 7) is -0.327. The normalized spacial score (nSPS) is 47.9. The minimum atomic E-state index is -1.36.